The second-order valence-corrected chi connectivity index (χ2v) is 6.10. The second-order valence-electron chi connectivity index (χ2n) is 6.10. The van der Waals surface area contributed by atoms with E-state index >= 15 is 0 Å². The van der Waals surface area contributed by atoms with Crippen molar-refractivity contribution in [2.75, 3.05) is 17.2 Å². The summed E-state index contributed by atoms with van der Waals surface area (Å²) in [5.41, 5.74) is 1.15. The van der Waals surface area contributed by atoms with E-state index in [1.807, 2.05) is 0 Å². The average molecular weight is 403 g/mol. The molecule has 0 atom stereocenters. The monoisotopic (exact) mass is 403 g/mol. The van der Waals surface area contributed by atoms with Crippen LogP contribution in [0.15, 0.2) is 48.8 Å². The summed E-state index contributed by atoms with van der Waals surface area (Å²) in [7, 11) is 0. The Labute approximate surface area is 163 Å². The Bertz CT molecular complexity index is 1030. The van der Waals surface area contributed by atoms with Crippen LogP contribution in [0.3, 0.4) is 0 Å². The predicted octanol–water partition coefficient (Wildman–Crippen LogP) is 4.11. The van der Waals surface area contributed by atoms with E-state index in [4.69, 9.17) is 5.11 Å². The van der Waals surface area contributed by atoms with Crippen molar-refractivity contribution >= 4 is 23.4 Å². The number of nitrogens with one attached hydrogen (secondary N) is 2. The predicted molar refractivity (Wildman–Crippen MR) is 101 cm³/mol. The number of rotatable bonds is 6. The smallest absolute Gasteiger partial charge is 0.416 e. The van der Waals surface area contributed by atoms with Gasteiger partial charge in [0.1, 0.15) is 12.4 Å². The number of hydrogen-bond acceptors (Lipinski definition) is 6. The number of carboxylic acid groups (broad SMARTS) is 1. The van der Waals surface area contributed by atoms with Crippen molar-refractivity contribution in [1.82, 2.24) is 15.0 Å². The second kappa shape index (κ2) is 8.13. The number of carboxylic acids is 1. The van der Waals surface area contributed by atoms with Crippen molar-refractivity contribution in [2.45, 2.75) is 13.1 Å². The Kier molecular flexibility index (Phi) is 5.62. The zero-order valence-electron chi connectivity index (χ0n) is 15.2. The van der Waals surface area contributed by atoms with Gasteiger partial charge in [-0.05, 0) is 36.8 Å². The van der Waals surface area contributed by atoms with Gasteiger partial charge in [0.25, 0.3) is 0 Å². The molecule has 0 saturated heterocycles. The number of nitrogens with zero attached hydrogens (tertiary/aromatic N) is 3. The third-order valence-corrected chi connectivity index (χ3v) is 3.93. The summed E-state index contributed by atoms with van der Waals surface area (Å²) in [4.78, 5) is 23.2. The molecule has 0 fully saturated rings. The van der Waals surface area contributed by atoms with Crippen LogP contribution in [-0.2, 0) is 11.0 Å². The average Bonchev–Trinajstić information content (AvgIpc) is 2.68. The summed E-state index contributed by atoms with van der Waals surface area (Å²) in [6, 6.07) is 8.31. The number of aliphatic carboxylic acids is 1. The van der Waals surface area contributed by atoms with Crippen LogP contribution in [-0.4, -0.2) is 32.6 Å². The van der Waals surface area contributed by atoms with Gasteiger partial charge >= 0.3 is 12.1 Å². The van der Waals surface area contributed by atoms with Gasteiger partial charge in [-0.25, -0.2) is 4.98 Å². The molecule has 10 heteroatoms. The highest BCUT2D eigenvalue weighted by Crippen LogP contribution is 2.33. The van der Waals surface area contributed by atoms with Crippen LogP contribution in [0, 0.1) is 6.92 Å². The Morgan fingerprint density at radius 2 is 1.83 bits per heavy atom. The maximum Gasteiger partial charge on any atom is 0.416 e. The molecule has 2 aromatic heterocycles. The van der Waals surface area contributed by atoms with E-state index < -0.39 is 24.3 Å². The van der Waals surface area contributed by atoms with Crippen molar-refractivity contribution in [1.29, 1.82) is 0 Å². The van der Waals surface area contributed by atoms with Crippen LogP contribution in [0.1, 0.15) is 11.1 Å². The highest BCUT2D eigenvalue weighted by atomic mass is 19.4. The molecule has 3 rings (SSSR count). The molecule has 0 spiro atoms. The molecule has 0 aliphatic carbocycles. The Balaban J connectivity index is 2.00. The van der Waals surface area contributed by atoms with Gasteiger partial charge in [-0.2, -0.15) is 18.2 Å². The van der Waals surface area contributed by atoms with Gasteiger partial charge in [0.05, 0.1) is 11.3 Å². The molecule has 0 saturated carbocycles. The molecule has 0 amide bonds. The van der Waals surface area contributed by atoms with Crippen molar-refractivity contribution in [3.63, 3.8) is 0 Å². The molecule has 29 heavy (non-hydrogen) atoms. The number of carbonyl (C=O) groups is 1. The Morgan fingerprint density at radius 3 is 2.48 bits per heavy atom. The first-order chi connectivity index (χ1) is 13.7. The molecule has 2 heterocycles. The summed E-state index contributed by atoms with van der Waals surface area (Å²) >= 11 is 0. The van der Waals surface area contributed by atoms with Crippen molar-refractivity contribution in [3.05, 3.63) is 59.9 Å². The summed E-state index contributed by atoms with van der Waals surface area (Å²) in [5.74, 6) is -0.873. The molecular weight excluding hydrogens is 387 g/mol. The van der Waals surface area contributed by atoms with E-state index in [1.54, 1.807) is 37.5 Å². The normalized spacial score (nSPS) is 11.2. The first kappa shape index (κ1) is 20.1. The standard InChI is InChI=1S/C19H16F3N5O2/c1-11-2-3-13(19(20,21)22)8-14(11)25-16-9-15(12-4-6-23-7-5-12)26-18(27-16)24-10-17(28)29/h2-9H,10H2,1H3,(H,28,29)(H2,24,25,26,27). The Hall–Kier alpha value is -3.69. The van der Waals surface area contributed by atoms with Gasteiger partial charge in [0.2, 0.25) is 5.95 Å². The minimum atomic E-state index is -4.48. The SMILES string of the molecule is Cc1ccc(C(F)(F)F)cc1Nc1cc(-c2ccncc2)nc(NCC(=O)O)n1. The maximum atomic E-state index is 13.0. The van der Waals surface area contributed by atoms with Gasteiger partial charge < -0.3 is 15.7 Å². The lowest BCUT2D eigenvalue weighted by Gasteiger charge is -2.14. The summed E-state index contributed by atoms with van der Waals surface area (Å²) in [6.07, 6.45) is -1.36. The van der Waals surface area contributed by atoms with Gasteiger partial charge in [-0.15, -0.1) is 0 Å². The molecule has 0 bridgehead atoms. The van der Waals surface area contributed by atoms with Crippen LogP contribution >= 0.6 is 0 Å². The number of alkyl halides is 3. The molecule has 0 unspecified atom stereocenters. The van der Waals surface area contributed by atoms with Crippen LogP contribution < -0.4 is 10.6 Å². The van der Waals surface area contributed by atoms with Crippen molar-refractivity contribution in [3.8, 4) is 11.3 Å². The summed E-state index contributed by atoms with van der Waals surface area (Å²) < 4.78 is 39.1. The zero-order chi connectivity index (χ0) is 21.0. The fourth-order valence-corrected chi connectivity index (χ4v) is 2.49. The molecule has 3 N–H and O–H groups in total. The number of aromatic nitrogens is 3. The lowest BCUT2D eigenvalue weighted by atomic mass is 10.1. The third-order valence-electron chi connectivity index (χ3n) is 3.93. The first-order valence-electron chi connectivity index (χ1n) is 8.42. The molecule has 0 aliphatic rings. The molecule has 150 valence electrons. The number of aryl methyl sites for hydroxylation is 1. The number of pyridine rings is 1. The third kappa shape index (κ3) is 5.18. The van der Waals surface area contributed by atoms with Gasteiger partial charge in [0.15, 0.2) is 0 Å². The van der Waals surface area contributed by atoms with E-state index in [0.29, 0.717) is 16.8 Å². The topological polar surface area (TPSA) is 100 Å². The van der Waals surface area contributed by atoms with Crippen molar-refractivity contribution < 1.29 is 23.1 Å². The minimum absolute atomic E-state index is 0.0221. The molecule has 7 nitrogen and oxygen atoms in total. The lowest BCUT2D eigenvalue weighted by Crippen LogP contribution is -2.15. The summed E-state index contributed by atoms with van der Waals surface area (Å²) in [5, 5.41) is 14.3. The van der Waals surface area contributed by atoms with E-state index in [0.717, 1.165) is 12.1 Å². The fourth-order valence-electron chi connectivity index (χ4n) is 2.49. The molecule has 3 aromatic rings. The maximum absolute atomic E-state index is 13.0. The van der Waals surface area contributed by atoms with Crippen LogP contribution in [0.2, 0.25) is 0 Å². The number of anilines is 3. The largest absolute Gasteiger partial charge is 0.480 e. The summed E-state index contributed by atoms with van der Waals surface area (Å²) in [6.45, 7) is 1.25. The minimum Gasteiger partial charge on any atom is -0.480 e. The van der Waals surface area contributed by atoms with Crippen LogP contribution in [0.4, 0.5) is 30.6 Å². The van der Waals surface area contributed by atoms with Crippen molar-refractivity contribution in [2.24, 2.45) is 0 Å². The van der Waals surface area contributed by atoms with E-state index in [2.05, 4.69) is 25.6 Å². The molecule has 0 radical (unpaired) electrons. The van der Waals surface area contributed by atoms with Crippen LogP contribution in [0.5, 0.6) is 0 Å². The molecule has 1 aromatic carbocycles. The number of halogens is 3. The van der Waals surface area contributed by atoms with E-state index in [1.165, 1.54) is 6.07 Å². The van der Waals surface area contributed by atoms with E-state index in [9.17, 15) is 18.0 Å². The van der Waals surface area contributed by atoms with Gasteiger partial charge in [0, 0.05) is 29.7 Å². The molecular formula is C19H16F3N5O2. The zero-order valence-corrected chi connectivity index (χ0v) is 15.2. The number of hydrogen-bond donors (Lipinski definition) is 3. The number of benzene rings is 1. The van der Waals surface area contributed by atoms with Gasteiger partial charge in [-0.3, -0.25) is 9.78 Å². The van der Waals surface area contributed by atoms with Gasteiger partial charge in [-0.1, -0.05) is 6.07 Å². The van der Waals surface area contributed by atoms with Crippen LogP contribution in [0.25, 0.3) is 11.3 Å². The lowest BCUT2D eigenvalue weighted by molar-refractivity contribution is -0.137. The van der Waals surface area contributed by atoms with E-state index in [-0.39, 0.29) is 17.5 Å². The fraction of sp³-hybridized carbons (Fsp3) is 0.158. The highest BCUT2D eigenvalue weighted by Gasteiger charge is 2.30. The molecule has 0 aliphatic heterocycles. The Morgan fingerprint density at radius 1 is 1.10 bits per heavy atom. The quantitative estimate of drug-likeness (QED) is 0.570. The highest BCUT2D eigenvalue weighted by molar-refractivity contribution is 5.73. The first-order valence-corrected chi connectivity index (χ1v) is 8.42.